The molecular weight excluding hydrogens is 364 g/mol. The van der Waals surface area contributed by atoms with Crippen molar-refractivity contribution in [3.63, 3.8) is 0 Å². The number of anilines is 1. The first-order valence-corrected chi connectivity index (χ1v) is 8.78. The molecule has 6 nitrogen and oxygen atoms in total. The maximum atomic E-state index is 12.2. The lowest BCUT2D eigenvalue weighted by Crippen LogP contribution is -2.12. The van der Waals surface area contributed by atoms with Gasteiger partial charge in [0.15, 0.2) is 0 Å². The topological polar surface area (TPSA) is 80.9 Å². The minimum Gasteiger partial charge on any atom is -0.339 e. The Hall–Kier alpha value is -3.25. The summed E-state index contributed by atoms with van der Waals surface area (Å²) >= 11 is 5.87. The van der Waals surface area contributed by atoms with Gasteiger partial charge in [-0.25, -0.2) is 0 Å². The number of aromatic nitrogens is 3. The molecule has 7 heteroatoms. The van der Waals surface area contributed by atoms with Crippen LogP contribution in [0.4, 0.5) is 5.69 Å². The highest BCUT2D eigenvalue weighted by Crippen LogP contribution is 2.19. The molecule has 4 aromatic rings. The van der Waals surface area contributed by atoms with Crippen LogP contribution in [0.5, 0.6) is 0 Å². The Kier molecular flexibility index (Phi) is 4.80. The van der Waals surface area contributed by atoms with Crippen molar-refractivity contribution in [3.05, 3.63) is 71.7 Å². The summed E-state index contributed by atoms with van der Waals surface area (Å²) in [5.74, 6) is 0.742. The molecule has 2 aromatic carbocycles. The van der Waals surface area contributed by atoms with Gasteiger partial charge in [0, 0.05) is 28.8 Å². The van der Waals surface area contributed by atoms with Crippen LogP contribution in [-0.2, 0) is 11.2 Å². The summed E-state index contributed by atoms with van der Waals surface area (Å²) in [6, 6.07) is 16.8. The number of amides is 1. The van der Waals surface area contributed by atoms with Crippen molar-refractivity contribution in [2.45, 2.75) is 12.8 Å². The summed E-state index contributed by atoms with van der Waals surface area (Å²) in [7, 11) is 0. The number of aryl methyl sites for hydroxylation is 1. The number of rotatable bonds is 5. The van der Waals surface area contributed by atoms with Gasteiger partial charge in [-0.2, -0.15) is 4.98 Å². The van der Waals surface area contributed by atoms with Gasteiger partial charge in [-0.05, 0) is 36.4 Å². The first kappa shape index (κ1) is 17.2. The Morgan fingerprint density at radius 2 is 1.93 bits per heavy atom. The van der Waals surface area contributed by atoms with E-state index in [0.717, 1.165) is 16.5 Å². The molecule has 0 bridgehead atoms. The molecule has 0 aliphatic rings. The molecule has 2 heterocycles. The molecule has 0 radical (unpaired) electrons. The second-order valence-electron chi connectivity index (χ2n) is 5.98. The molecule has 2 aromatic heterocycles. The lowest BCUT2D eigenvalue weighted by Gasteiger charge is -2.05. The van der Waals surface area contributed by atoms with Crippen LogP contribution in [-0.4, -0.2) is 21.0 Å². The predicted molar refractivity (Wildman–Crippen MR) is 103 cm³/mol. The molecule has 0 unspecified atom stereocenters. The van der Waals surface area contributed by atoms with Crippen LogP contribution < -0.4 is 5.32 Å². The fourth-order valence-electron chi connectivity index (χ4n) is 2.66. The highest BCUT2D eigenvalue weighted by atomic mass is 35.5. The Bertz CT molecular complexity index is 1090. The normalized spacial score (nSPS) is 10.9. The number of fused-ring (bicyclic) bond motifs is 1. The fraction of sp³-hybridized carbons (Fsp3) is 0.100. The Labute approximate surface area is 160 Å². The van der Waals surface area contributed by atoms with Gasteiger partial charge in [0.2, 0.25) is 17.6 Å². The molecule has 0 aliphatic carbocycles. The van der Waals surface area contributed by atoms with Crippen LogP contribution in [0.1, 0.15) is 12.3 Å². The molecule has 0 saturated heterocycles. The SMILES string of the molecule is O=C(CCc1nc(-c2ccc(Cl)cc2)no1)Nc1cnc2ccccc2c1. The van der Waals surface area contributed by atoms with Gasteiger partial charge < -0.3 is 9.84 Å². The third-order valence-electron chi connectivity index (χ3n) is 4.01. The zero-order chi connectivity index (χ0) is 18.6. The van der Waals surface area contributed by atoms with E-state index in [9.17, 15) is 4.79 Å². The average Bonchev–Trinajstić information content (AvgIpc) is 3.16. The lowest BCUT2D eigenvalue weighted by molar-refractivity contribution is -0.116. The summed E-state index contributed by atoms with van der Waals surface area (Å²) in [5.41, 5.74) is 2.35. The van der Waals surface area contributed by atoms with Gasteiger partial charge >= 0.3 is 0 Å². The standard InChI is InChI=1S/C20H15ClN4O2/c21-15-7-5-13(6-8-15)20-24-19(27-25-20)10-9-18(26)23-16-11-14-3-1-2-4-17(14)22-12-16/h1-8,11-12H,9-10H2,(H,23,26). The van der Waals surface area contributed by atoms with Gasteiger partial charge in [0.1, 0.15) is 0 Å². The molecular formula is C20H15ClN4O2. The molecule has 0 fully saturated rings. The number of para-hydroxylation sites is 1. The maximum Gasteiger partial charge on any atom is 0.227 e. The number of carbonyl (C=O) groups excluding carboxylic acids is 1. The van der Waals surface area contributed by atoms with Gasteiger partial charge in [0.05, 0.1) is 17.4 Å². The van der Waals surface area contributed by atoms with Crippen LogP contribution in [0.2, 0.25) is 5.02 Å². The maximum absolute atomic E-state index is 12.2. The zero-order valence-corrected chi connectivity index (χ0v) is 15.0. The quantitative estimate of drug-likeness (QED) is 0.552. The first-order chi connectivity index (χ1) is 13.2. The summed E-state index contributed by atoms with van der Waals surface area (Å²) in [6.45, 7) is 0. The zero-order valence-electron chi connectivity index (χ0n) is 14.2. The molecule has 0 spiro atoms. The molecule has 0 aliphatic heterocycles. The number of hydrogen-bond acceptors (Lipinski definition) is 5. The van der Waals surface area contributed by atoms with E-state index in [0.29, 0.717) is 28.8 Å². The Balaban J connectivity index is 1.37. The highest BCUT2D eigenvalue weighted by Gasteiger charge is 2.11. The predicted octanol–water partition coefficient (Wildman–Crippen LogP) is 4.51. The summed E-state index contributed by atoms with van der Waals surface area (Å²) in [5, 5.41) is 8.40. The summed E-state index contributed by atoms with van der Waals surface area (Å²) in [6.07, 6.45) is 2.23. The second-order valence-corrected chi connectivity index (χ2v) is 6.42. The van der Waals surface area contributed by atoms with E-state index >= 15 is 0 Å². The molecule has 134 valence electrons. The van der Waals surface area contributed by atoms with Crippen molar-refractivity contribution in [1.82, 2.24) is 15.1 Å². The lowest BCUT2D eigenvalue weighted by atomic mass is 10.2. The Morgan fingerprint density at radius 1 is 1.11 bits per heavy atom. The largest absolute Gasteiger partial charge is 0.339 e. The van der Waals surface area contributed by atoms with Crippen LogP contribution in [0.25, 0.3) is 22.3 Å². The van der Waals surface area contributed by atoms with E-state index in [1.54, 1.807) is 18.3 Å². The first-order valence-electron chi connectivity index (χ1n) is 8.40. The third kappa shape index (κ3) is 4.12. The summed E-state index contributed by atoms with van der Waals surface area (Å²) < 4.78 is 5.22. The van der Waals surface area contributed by atoms with Gasteiger partial charge in [0.25, 0.3) is 0 Å². The van der Waals surface area contributed by atoms with E-state index < -0.39 is 0 Å². The molecule has 1 N–H and O–H groups in total. The molecule has 4 rings (SSSR count). The fourth-order valence-corrected chi connectivity index (χ4v) is 2.78. The highest BCUT2D eigenvalue weighted by molar-refractivity contribution is 6.30. The smallest absolute Gasteiger partial charge is 0.227 e. The van der Waals surface area contributed by atoms with Crippen molar-refractivity contribution in [2.24, 2.45) is 0 Å². The molecule has 0 saturated carbocycles. The number of pyridine rings is 1. The van der Waals surface area contributed by atoms with E-state index in [2.05, 4.69) is 20.4 Å². The number of carbonyl (C=O) groups is 1. The van der Waals surface area contributed by atoms with Gasteiger partial charge in [-0.1, -0.05) is 35.0 Å². The van der Waals surface area contributed by atoms with E-state index in [-0.39, 0.29) is 12.3 Å². The number of nitrogens with one attached hydrogen (secondary N) is 1. The number of benzene rings is 2. The monoisotopic (exact) mass is 378 g/mol. The average molecular weight is 379 g/mol. The molecule has 27 heavy (non-hydrogen) atoms. The molecule has 1 amide bonds. The van der Waals surface area contributed by atoms with Gasteiger partial charge in [-0.15, -0.1) is 0 Å². The van der Waals surface area contributed by atoms with E-state index in [1.165, 1.54) is 0 Å². The number of nitrogens with zero attached hydrogens (tertiary/aromatic N) is 3. The summed E-state index contributed by atoms with van der Waals surface area (Å²) in [4.78, 5) is 20.8. The van der Waals surface area contributed by atoms with Crippen molar-refractivity contribution >= 4 is 34.1 Å². The van der Waals surface area contributed by atoms with Gasteiger partial charge in [-0.3, -0.25) is 9.78 Å². The minimum absolute atomic E-state index is 0.140. The van der Waals surface area contributed by atoms with Crippen molar-refractivity contribution in [1.29, 1.82) is 0 Å². The number of hydrogen-bond donors (Lipinski definition) is 1. The van der Waals surface area contributed by atoms with Crippen molar-refractivity contribution < 1.29 is 9.32 Å². The number of halogens is 1. The van der Waals surface area contributed by atoms with Crippen molar-refractivity contribution in [2.75, 3.05) is 5.32 Å². The molecule has 0 atom stereocenters. The van der Waals surface area contributed by atoms with Crippen LogP contribution in [0.3, 0.4) is 0 Å². The van der Waals surface area contributed by atoms with E-state index in [4.69, 9.17) is 16.1 Å². The minimum atomic E-state index is -0.140. The van der Waals surface area contributed by atoms with E-state index in [1.807, 2.05) is 42.5 Å². The van der Waals surface area contributed by atoms with Crippen LogP contribution in [0.15, 0.2) is 65.3 Å². The Morgan fingerprint density at radius 3 is 2.78 bits per heavy atom. The van der Waals surface area contributed by atoms with Crippen molar-refractivity contribution in [3.8, 4) is 11.4 Å². The van der Waals surface area contributed by atoms with Crippen LogP contribution in [0, 0.1) is 0 Å². The van der Waals surface area contributed by atoms with Crippen LogP contribution >= 0.6 is 11.6 Å². The third-order valence-corrected chi connectivity index (χ3v) is 4.26. The second kappa shape index (κ2) is 7.55.